The highest BCUT2D eigenvalue weighted by molar-refractivity contribution is 9.10. The largest absolute Gasteiger partial charge is 0.495 e. The molecule has 1 saturated heterocycles. The number of nitrogens with zero attached hydrogens (tertiary/aromatic N) is 4. The van der Waals surface area contributed by atoms with Gasteiger partial charge in [-0.15, -0.1) is 0 Å². The van der Waals surface area contributed by atoms with E-state index in [1.807, 2.05) is 18.2 Å². The summed E-state index contributed by atoms with van der Waals surface area (Å²) < 4.78 is 6.34. The Bertz CT molecular complexity index is 597. The molecule has 1 aromatic heterocycles. The maximum Gasteiger partial charge on any atom is 0.225 e. The predicted molar refractivity (Wildman–Crippen MR) is 87.2 cm³/mol. The van der Waals surface area contributed by atoms with Crippen molar-refractivity contribution in [1.82, 2.24) is 9.97 Å². The fourth-order valence-electron chi connectivity index (χ4n) is 2.51. The quantitative estimate of drug-likeness (QED) is 0.852. The van der Waals surface area contributed by atoms with Gasteiger partial charge in [0.05, 0.1) is 17.3 Å². The van der Waals surface area contributed by atoms with E-state index in [0.717, 1.165) is 48.0 Å². The lowest BCUT2D eigenvalue weighted by Crippen LogP contribution is -2.47. The minimum Gasteiger partial charge on any atom is -0.495 e. The van der Waals surface area contributed by atoms with Gasteiger partial charge in [0.1, 0.15) is 5.75 Å². The summed E-state index contributed by atoms with van der Waals surface area (Å²) in [5, 5.41) is 0. The molecule has 110 valence electrons. The lowest BCUT2D eigenvalue weighted by Gasteiger charge is -2.36. The second-order valence-corrected chi connectivity index (χ2v) is 5.76. The Morgan fingerprint density at radius 3 is 2.29 bits per heavy atom. The molecule has 1 aromatic carbocycles. The Labute approximate surface area is 132 Å². The molecule has 0 amide bonds. The first-order valence-corrected chi connectivity index (χ1v) is 7.67. The van der Waals surface area contributed by atoms with Gasteiger partial charge in [-0.1, -0.05) is 12.1 Å². The summed E-state index contributed by atoms with van der Waals surface area (Å²) in [7, 11) is 1.71. The van der Waals surface area contributed by atoms with Crippen LogP contribution in [0.3, 0.4) is 0 Å². The Kier molecular flexibility index (Phi) is 4.24. The van der Waals surface area contributed by atoms with Crippen LogP contribution in [0.15, 0.2) is 41.1 Å². The molecule has 0 spiro atoms. The highest BCUT2D eigenvalue weighted by atomic mass is 79.9. The zero-order valence-electron chi connectivity index (χ0n) is 11.9. The summed E-state index contributed by atoms with van der Waals surface area (Å²) in [5.74, 6) is 1.71. The van der Waals surface area contributed by atoms with Gasteiger partial charge >= 0.3 is 0 Å². The molecule has 21 heavy (non-hydrogen) atoms. The van der Waals surface area contributed by atoms with Crippen LogP contribution in [0, 0.1) is 0 Å². The van der Waals surface area contributed by atoms with Crippen molar-refractivity contribution in [2.75, 3.05) is 43.1 Å². The molecule has 0 bridgehead atoms. The van der Waals surface area contributed by atoms with E-state index in [-0.39, 0.29) is 0 Å². The maximum atomic E-state index is 5.44. The molecule has 0 aliphatic carbocycles. The molecule has 1 aliphatic rings. The SMILES string of the molecule is COc1ccccc1N1CCN(c2ncc(Br)cn2)CC1. The van der Waals surface area contributed by atoms with Crippen molar-refractivity contribution < 1.29 is 4.74 Å². The molecular formula is C15H17BrN4O. The topological polar surface area (TPSA) is 41.5 Å². The smallest absolute Gasteiger partial charge is 0.225 e. The zero-order valence-corrected chi connectivity index (χ0v) is 13.5. The Morgan fingerprint density at radius 2 is 1.62 bits per heavy atom. The average Bonchev–Trinajstić information content (AvgIpc) is 2.56. The van der Waals surface area contributed by atoms with Crippen LogP contribution >= 0.6 is 15.9 Å². The van der Waals surface area contributed by atoms with Gasteiger partial charge in [-0.2, -0.15) is 0 Å². The number of piperazine rings is 1. The van der Waals surface area contributed by atoms with Gasteiger partial charge in [0.15, 0.2) is 0 Å². The van der Waals surface area contributed by atoms with Gasteiger partial charge in [0.2, 0.25) is 5.95 Å². The van der Waals surface area contributed by atoms with Crippen molar-refractivity contribution >= 4 is 27.6 Å². The number of ether oxygens (including phenoxy) is 1. The zero-order chi connectivity index (χ0) is 14.7. The van der Waals surface area contributed by atoms with Crippen molar-refractivity contribution in [2.45, 2.75) is 0 Å². The molecule has 2 heterocycles. The monoisotopic (exact) mass is 348 g/mol. The van der Waals surface area contributed by atoms with Crippen LogP contribution in [0.1, 0.15) is 0 Å². The number of benzene rings is 1. The maximum absolute atomic E-state index is 5.44. The standard InChI is InChI=1S/C15H17BrN4O/c1-21-14-5-3-2-4-13(14)19-6-8-20(9-7-19)15-17-10-12(16)11-18-15/h2-5,10-11H,6-9H2,1H3. The van der Waals surface area contributed by atoms with E-state index in [9.17, 15) is 0 Å². The second-order valence-electron chi connectivity index (χ2n) is 4.85. The highest BCUT2D eigenvalue weighted by Crippen LogP contribution is 2.28. The van der Waals surface area contributed by atoms with Crippen LogP contribution < -0.4 is 14.5 Å². The molecule has 2 aromatic rings. The molecule has 1 fully saturated rings. The van der Waals surface area contributed by atoms with Gasteiger partial charge in [-0.3, -0.25) is 0 Å². The lowest BCUT2D eigenvalue weighted by atomic mass is 10.2. The van der Waals surface area contributed by atoms with Gasteiger partial charge < -0.3 is 14.5 Å². The third-order valence-electron chi connectivity index (χ3n) is 3.60. The van der Waals surface area contributed by atoms with Crippen molar-refractivity contribution in [3.05, 3.63) is 41.1 Å². The second kappa shape index (κ2) is 6.30. The van der Waals surface area contributed by atoms with Crippen molar-refractivity contribution in [3.63, 3.8) is 0 Å². The van der Waals surface area contributed by atoms with Crippen molar-refractivity contribution in [1.29, 1.82) is 0 Å². The predicted octanol–water partition coefficient (Wildman–Crippen LogP) is 2.57. The molecule has 1 aliphatic heterocycles. The van der Waals surface area contributed by atoms with Crippen LogP contribution in [0.2, 0.25) is 0 Å². The van der Waals surface area contributed by atoms with E-state index >= 15 is 0 Å². The van der Waals surface area contributed by atoms with Crippen molar-refractivity contribution in [2.24, 2.45) is 0 Å². The molecule has 0 unspecified atom stereocenters. The molecule has 0 N–H and O–H groups in total. The fourth-order valence-corrected chi connectivity index (χ4v) is 2.71. The first-order chi connectivity index (χ1) is 10.3. The third kappa shape index (κ3) is 3.10. The third-order valence-corrected chi connectivity index (χ3v) is 4.00. The number of anilines is 2. The number of para-hydroxylation sites is 2. The van der Waals surface area contributed by atoms with Crippen molar-refractivity contribution in [3.8, 4) is 5.75 Å². The van der Waals surface area contributed by atoms with Gasteiger partial charge in [0, 0.05) is 38.6 Å². The first-order valence-electron chi connectivity index (χ1n) is 6.88. The molecular weight excluding hydrogens is 332 g/mol. The van der Waals surface area contributed by atoms with Gasteiger partial charge in [0.25, 0.3) is 0 Å². The van der Waals surface area contributed by atoms with E-state index in [4.69, 9.17) is 4.74 Å². The molecule has 0 saturated carbocycles. The summed E-state index contributed by atoms with van der Waals surface area (Å²) >= 11 is 3.36. The van der Waals surface area contributed by atoms with Gasteiger partial charge in [-0.05, 0) is 28.1 Å². The van der Waals surface area contributed by atoms with E-state index in [1.54, 1.807) is 19.5 Å². The Balaban J connectivity index is 1.69. The number of aromatic nitrogens is 2. The van der Waals surface area contributed by atoms with E-state index < -0.39 is 0 Å². The minimum absolute atomic E-state index is 0.790. The van der Waals surface area contributed by atoms with Crippen LogP contribution in [-0.4, -0.2) is 43.3 Å². The first kappa shape index (κ1) is 14.1. The molecule has 0 atom stereocenters. The summed E-state index contributed by atoms with van der Waals surface area (Å²) in [4.78, 5) is 13.3. The molecule has 3 rings (SSSR count). The Hall–Kier alpha value is -1.82. The van der Waals surface area contributed by atoms with E-state index in [2.05, 4.69) is 41.8 Å². The van der Waals surface area contributed by atoms with Crippen LogP contribution in [0.4, 0.5) is 11.6 Å². The van der Waals surface area contributed by atoms with Gasteiger partial charge in [-0.25, -0.2) is 9.97 Å². The lowest BCUT2D eigenvalue weighted by molar-refractivity contribution is 0.413. The van der Waals surface area contributed by atoms with E-state index in [1.165, 1.54) is 0 Å². The normalized spacial score (nSPS) is 15.1. The molecule has 5 nitrogen and oxygen atoms in total. The van der Waals surface area contributed by atoms with Crippen LogP contribution in [0.25, 0.3) is 0 Å². The molecule has 6 heteroatoms. The summed E-state index contributed by atoms with van der Waals surface area (Å²) in [5.41, 5.74) is 1.15. The number of hydrogen-bond donors (Lipinski definition) is 0. The van der Waals surface area contributed by atoms with Crippen LogP contribution in [0.5, 0.6) is 5.75 Å². The Morgan fingerprint density at radius 1 is 1.00 bits per heavy atom. The summed E-state index contributed by atoms with van der Waals surface area (Å²) in [6.07, 6.45) is 3.57. The number of halogens is 1. The van der Waals surface area contributed by atoms with E-state index in [0.29, 0.717) is 0 Å². The molecule has 0 radical (unpaired) electrons. The minimum atomic E-state index is 0.790. The fraction of sp³-hybridized carbons (Fsp3) is 0.333. The summed E-state index contributed by atoms with van der Waals surface area (Å²) in [6, 6.07) is 8.14. The highest BCUT2D eigenvalue weighted by Gasteiger charge is 2.20. The number of methoxy groups -OCH3 is 1. The van der Waals surface area contributed by atoms with Crippen LogP contribution in [-0.2, 0) is 0 Å². The number of rotatable bonds is 3. The summed E-state index contributed by atoms with van der Waals surface area (Å²) in [6.45, 7) is 3.67. The number of hydrogen-bond acceptors (Lipinski definition) is 5. The average molecular weight is 349 g/mol.